The normalized spacial score (nSPS) is 11.2. The van der Waals surface area contributed by atoms with Crippen molar-refractivity contribution in [2.24, 2.45) is 5.10 Å². The SMILES string of the molecule is O=C(N/N=C\c1ccc(-c2ccc(Cl)cc2[N+](=O)[O-])o1)c1cc2cc([N+](=O)[O-])ccc2s1. The van der Waals surface area contributed by atoms with Gasteiger partial charge in [-0.25, -0.2) is 5.43 Å². The average Bonchev–Trinajstić information content (AvgIpc) is 3.40. The molecule has 0 spiro atoms. The van der Waals surface area contributed by atoms with Crippen LogP contribution in [0.5, 0.6) is 0 Å². The molecule has 4 aromatic rings. The van der Waals surface area contributed by atoms with Crippen molar-refractivity contribution < 1.29 is 19.1 Å². The van der Waals surface area contributed by atoms with Crippen LogP contribution in [-0.2, 0) is 0 Å². The number of carbonyl (C=O) groups excluding carboxylic acids is 1. The number of carbonyl (C=O) groups is 1. The van der Waals surface area contributed by atoms with E-state index < -0.39 is 15.8 Å². The van der Waals surface area contributed by atoms with E-state index in [-0.39, 0.29) is 33.5 Å². The van der Waals surface area contributed by atoms with Gasteiger partial charge < -0.3 is 4.42 Å². The first kappa shape index (κ1) is 21.2. The number of nitro groups is 2. The van der Waals surface area contributed by atoms with E-state index in [2.05, 4.69) is 10.5 Å². The number of amides is 1. The van der Waals surface area contributed by atoms with E-state index >= 15 is 0 Å². The lowest BCUT2D eigenvalue weighted by Gasteiger charge is -2.00. The molecule has 10 nitrogen and oxygen atoms in total. The molecule has 160 valence electrons. The first-order chi connectivity index (χ1) is 15.3. The summed E-state index contributed by atoms with van der Waals surface area (Å²) in [6.07, 6.45) is 1.25. The molecule has 0 fully saturated rings. The number of fused-ring (bicyclic) bond motifs is 1. The van der Waals surface area contributed by atoms with Gasteiger partial charge in [0, 0.05) is 33.3 Å². The van der Waals surface area contributed by atoms with E-state index in [1.165, 1.54) is 53.9 Å². The summed E-state index contributed by atoms with van der Waals surface area (Å²) in [6, 6.07) is 13.2. The van der Waals surface area contributed by atoms with Crippen LogP contribution in [0.1, 0.15) is 15.4 Å². The van der Waals surface area contributed by atoms with Crippen LogP contribution in [0.4, 0.5) is 11.4 Å². The van der Waals surface area contributed by atoms with Crippen LogP contribution >= 0.6 is 22.9 Å². The van der Waals surface area contributed by atoms with Crippen molar-refractivity contribution in [1.82, 2.24) is 5.43 Å². The first-order valence-electron chi connectivity index (χ1n) is 8.87. The zero-order chi connectivity index (χ0) is 22.8. The topological polar surface area (TPSA) is 141 Å². The number of hydrazone groups is 1. The van der Waals surface area contributed by atoms with Crippen molar-refractivity contribution in [3.63, 3.8) is 0 Å². The number of non-ortho nitro benzene ring substituents is 1. The minimum absolute atomic E-state index is 0.0603. The van der Waals surface area contributed by atoms with Gasteiger partial charge >= 0.3 is 0 Å². The summed E-state index contributed by atoms with van der Waals surface area (Å²) in [6.45, 7) is 0. The van der Waals surface area contributed by atoms with Crippen molar-refractivity contribution in [1.29, 1.82) is 0 Å². The molecule has 0 aliphatic carbocycles. The van der Waals surface area contributed by atoms with Crippen LogP contribution in [0.25, 0.3) is 21.4 Å². The molecular formula is C20H11ClN4O6S. The van der Waals surface area contributed by atoms with Gasteiger partial charge in [0.2, 0.25) is 0 Å². The number of hydrogen-bond donors (Lipinski definition) is 1. The molecule has 0 saturated heterocycles. The molecule has 1 N–H and O–H groups in total. The van der Waals surface area contributed by atoms with E-state index in [0.717, 1.165) is 4.70 Å². The maximum Gasteiger partial charge on any atom is 0.281 e. The predicted octanol–water partition coefficient (Wildman–Crippen LogP) is 5.40. The Bertz CT molecular complexity index is 1410. The first-order valence-corrected chi connectivity index (χ1v) is 10.1. The molecule has 1 amide bonds. The summed E-state index contributed by atoms with van der Waals surface area (Å²) in [4.78, 5) is 33.7. The molecule has 0 saturated carbocycles. The van der Waals surface area contributed by atoms with Crippen LogP contribution in [-0.4, -0.2) is 22.0 Å². The van der Waals surface area contributed by atoms with Crippen molar-refractivity contribution in [2.75, 3.05) is 0 Å². The van der Waals surface area contributed by atoms with Crippen LogP contribution in [0, 0.1) is 20.2 Å². The van der Waals surface area contributed by atoms with Gasteiger partial charge in [0.1, 0.15) is 11.5 Å². The van der Waals surface area contributed by atoms with Gasteiger partial charge in [-0.2, -0.15) is 5.10 Å². The number of furan rings is 1. The van der Waals surface area contributed by atoms with E-state index in [0.29, 0.717) is 10.3 Å². The Morgan fingerprint density at radius 3 is 2.62 bits per heavy atom. The molecule has 4 rings (SSSR count). The van der Waals surface area contributed by atoms with Crippen molar-refractivity contribution in [3.05, 3.63) is 90.5 Å². The number of nitrogens with zero attached hydrogens (tertiary/aromatic N) is 3. The minimum atomic E-state index is -0.558. The van der Waals surface area contributed by atoms with Gasteiger partial charge in [-0.05, 0) is 36.4 Å². The van der Waals surface area contributed by atoms with Crippen LogP contribution in [0.2, 0.25) is 5.02 Å². The van der Waals surface area contributed by atoms with Gasteiger partial charge in [-0.1, -0.05) is 11.6 Å². The largest absolute Gasteiger partial charge is 0.455 e. The fourth-order valence-corrected chi connectivity index (χ4v) is 4.00. The van der Waals surface area contributed by atoms with Gasteiger partial charge in [-0.15, -0.1) is 11.3 Å². The summed E-state index contributed by atoms with van der Waals surface area (Å²) >= 11 is 7.00. The Morgan fingerprint density at radius 2 is 1.88 bits per heavy atom. The van der Waals surface area contributed by atoms with Crippen LogP contribution < -0.4 is 5.43 Å². The van der Waals surface area contributed by atoms with Crippen molar-refractivity contribution >= 4 is 56.5 Å². The molecule has 2 aromatic heterocycles. The molecule has 0 unspecified atom stereocenters. The second kappa shape index (κ2) is 8.57. The number of nitrogens with one attached hydrogen (secondary N) is 1. The second-order valence-corrected chi connectivity index (χ2v) is 7.93. The number of rotatable bonds is 6. The molecule has 0 radical (unpaired) electrons. The lowest BCUT2D eigenvalue weighted by atomic mass is 10.1. The van der Waals surface area contributed by atoms with E-state index in [1.54, 1.807) is 18.2 Å². The molecule has 2 aromatic carbocycles. The Labute approximate surface area is 188 Å². The van der Waals surface area contributed by atoms with Crippen molar-refractivity contribution in [3.8, 4) is 11.3 Å². The second-order valence-electron chi connectivity index (χ2n) is 6.41. The third kappa shape index (κ3) is 4.33. The maximum absolute atomic E-state index is 12.3. The van der Waals surface area contributed by atoms with Gasteiger partial charge in [0.25, 0.3) is 17.3 Å². The summed E-state index contributed by atoms with van der Waals surface area (Å²) < 4.78 is 6.29. The maximum atomic E-state index is 12.3. The Morgan fingerprint density at radius 1 is 1.06 bits per heavy atom. The lowest BCUT2D eigenvalue weighted by molar-refractivity contribution is -0.384. The Balaban J connectivity index is 1.48. The number of hydrogen-bond acceptors (Lipinski definition) is 8. The summed E-state index contributed by atoms with van der Waals surface area (Å²) in [7, 11) is 0. The Hall–Kier alpha value is -4.09. The predicted molar refractivity (Wildman–Crippen MR) is 119 cm³/mol. The number of thiophene rings is 1. The van der Waals surface area contributed by atoms with Crippen molar-refractivity contribution in [2.45, 2.75) is 0 Å². The molecule has 0 bridgehead atoms. The zero-order valence-corrected chi connectivity index (χ0v) is 17.4. The summed E-state index contributed by atoms with van der Waals surface area (Å²) in [5.74, 6) is 0.00831. The zero-order valence-electron chi connectivity index (χ0n) is 15.9. The monoisotopic (exact) mass is 470 g/mol. The van der Waals surface area contributed by atoms with Gasteiger partial charge in [-0.3, -0.25) is 25.0 Å². The van der Waals surface area contributed by atoms with E-state index in [4.69, 9.17) is 16.0 Å². The molecule has 2 heterocycles. The highest BCUT2D eigenvalue weighted by molar-refractivity contribution is 7.20. The number of nitro benzene ring substituents is 2. The highest BCUT2D eigenvalue weighted by atomic mass is 35.5. The highest BCUT2D eigenvalue weighted by Crippen LogP contribution is 2.33. The summed E-state index contributed by atoms with van der Waals surface area (Å²) in [5.41, 5.74) is 2.34. The number of halogens is 1. The standard InChI is InChI=1S/C20H11ClN4O6S/c21-12-1-4-15(16(9-12)25(29)30)17-5-3-14(31-17)10-22-23-20(26)19-8-11-7-13(24(27)28)2-6-18(11)32-19/h1-10H,(H,23,26)/b22-10-. The molecule has 12 heteroatoms. The molecular weight excluding hydrogens is 460 g/mol. The van der Waals surface area contributed by atoms with Crippen LogP contribution in [0.3, 0.4) is 0 Å². The highest BCUT2D eigenvalue weighted by Gasteiger charge is 2.18. The Kier molecular flexibility index (Phi) is 5.67. The summed E-state index contributed by atoms with van der Waals surface area (Å²) in [5, 5.41) is 26.8. The van der Waals surface area contributed by atoms with E-state index in [9.17, 15) is 25.0 Å². The molecule has 32 heavy (non-hydrogen) atoms. The smallest absolute Gasteiger partial charge is 0.281 e. The van der Waals surface area contributed by atoms with E-state index in [1.807, 2.05) is 0 Å². The quantitative estimate of drug-likeness (QED) is 0.227. The minimum Gasteiger partial charge on any atom is -0.455 e. The molecule has 0 atom stereocenters. The lowest BCUT2D eigenvalue weighted by Crippen LogP contribution is -2.15. The third-order valence-electron chi connectivity index (χ3n) is 4.34. The van der Waals surface area contributed by atoms with Gasteiger partial charge in [0.15, 0.2) is 0 Å². The number of benzene rings is 2. The fourth-order valence-electron chi connectivity index (χ4n) is 2.90. The van der Waals surface area contributed by atoms with Crippen LogP contribution in [0.15, 0.2) is 64.1 Å². The molecule has 0 aliphatic rings. The fraction of sp³-hybridized carbons (Fsp3) is 0. The van der Waals surface area contributed by atoms with Gasteiger partial charge in [0.05, 0.1) is 26.5 Å². The average molecular weight is 471 g/mol. The third-order valence-corrected chi connectivity index (χ3v) is 5.69. The molecule has 0 aliphatic heterocycles.